The van der Waals surface area contributed by atoms with Crippen LogP contribution in [0.15, 0.2) is 30.5 Å². The third kappa shape index (κ3) is 8.91. The van der Waals surface area contributed by atoms with Gasteiger partial charge in [-0.15, -0.1) is 0 Å². The number of nitrogens with one attached hydrogen (secondary N) is 2. The molecule has 2 aromatic heterocycles. The normalized spacial score (nSPS) is 14.5. The van der Waals surface area contributed by atoms with Crippen molar-refractivity contribution in [3.8, 4) is 0 Å². The predicted octanol–water partition coefficient (Wildman–Crippen LogP) is 3.23. The number of hydrogen-bond acceptors (Lipinski definition) is 8. The number of aliphatic carboxylic acids is 1. The number of amides is 2. The van der Waals surface area contributed by atoms with Gasteiger partial charge in [0, 0.05) is 70.9 Å². The van der Waals surface area contributed by atoms with Crippen molar-refractivity contribution in [2.75, 3.05) is 50.3 Å². The molecule has 1 aliphatic heterocycles. The number of carboxylic acid groups (broad SMARTS) is 1. The van der Waals surface area contributed by atoms with Gasteiger partial charge in [-0.05, 0) is 36.1 Å². The summed E-state index contributed by atoms with van der Waals surface area (Å²) in [6.07, 6.45) is 5.42. The summed E-state index contributed by atoms with van der Waals surface area (Å²) in [6, 6.07) is 8.59. The SMILES string of the molecule is CCCCCNc1nc(N)nc2ccn(Cc3ccc(CN4CCN(C(=O)CCNC(=O)C(C)CC(=O)O)CC4)cc3C)c12. The Morgan fingerprint density at radius 3 is 2.52 bits per heavy atom. The van der Waals surface area contributed by atoms with Gasteiger partial charge in [0.05, 0.1) is 11.9 Å². The number of nitrogens with zero attached hydrogens (tertiary/aromatic N) is 5. The van der Waals surface area contributed by atoms with E-state index in [9.17, 15) is 14.4 Å². The number of nitrogen functional groups attached to an aromatic ring is 1. The van der Waals surface area contributed by atoms with Crippen molar-refractivity contribution >= 4 is 40.6 Å². The molecule has 1 saturated heterocycles. The van der Waals surface area contributed by atoms with Crippen LogP contribution in [0, 0.1) is 12.8 Å². The maximum absolute atomic E-state index is 12.6. The first kappa shape index (κ1) is 32.7. The second kappa shape index (κ2) is 15.5. The Morgan fingerprint density at radius 1 is 1.05 bits per heavy atom. The summed E-state index contributed by atoms with van der Waals surface area (Å²) in [6.45, 7) is 11.3. The third-order valence-electron chi connectivity index (χ3n) is 8.15. The number of carbonyl (C=O) groups excluding carboxylic acids is 2. The topological polar surface area (TPSA) is 159 Å². The molecule has 3 heterocycles. The molecule has 12 nitrogen and oxygen atoms in total. The van der Waals surface area contributed by atoms with E-state index in [0.717, 1.165) is 62.3 Å². The maximum Gasteiger partial charge on any atom is 0.304 e. The number of aryl methyl sites for hydroxylation is 1. The fraction of sp³-hybridized carbons (Fsp3) is 0.531. The van der Waals surface area contributed by atoms with Crippen LogP contribution >= 0.6 is 0 Å². The molecule has 0 radical (unpaired) electrons. The van der Waals surface area contributed by atoms with Crippen molar-refractivity contribution in [2.24, 2.45) is 5.92 Å². The smallest absolute Gasteiger partial charge is 0.304 e. The summed E-state index contributed by atoms with van der Waals surface area (Å²) in [5.41, 5.74) is 11.4. The van der Waals surface area contributed by atoms with E-state index in [2.05, 4.69) is 62.1 Å². The first-order chi connectivity index (χ1) is 21.1. The molecule has 238 valence electrons. The van der Waals surface area contributed by atoms with E-state index in [1.54, 1.807) is 6.92 Å². The zero-order chi connectivity index (χ0) is 31.6. The van der Waals surface area contributed by atoms with Crippen molar-refractivity contribution < 1.29 is 19.5 Å². The van der Waals surface area contributed by atoms with Gasteiger partial charge in [-0.2, -0.15) is 4.98 Å². The first-order valence-corrected chi connectivity index (χ1v) is 15.6. The second-order valence-corrected chi connectivity index (χ2v) is 11.7. The fourth-order valence-corrected chi connectivity index (χ4v) is 5.57. The molecular formula is C32H46N8O4. The molecule has 0 aliphatic carbocycles. The molecule has 2 amide bonds. The maximum atomic E-state index is 12.6. The lowest BCUT2D eigenvalue weighted by Crippen LogP contribution is -2.48. The number of unbranched alkanes of at least 4 members (excludes halogenated alkanes) is 2. The number of carboxylic acids is 1. The number of hydrogen-bond donors (Lipinski definition) is 4. The van der Waals surface area contributed by atoms with Crippen LogP contribution in [-0.2, 0) is 27.5 Å². The van der Waals surface area contributed by atoms with Gasteiger partial charge < -0.3 is 30.9 Å². The van der Waals surface area contributed by atoms with Crippen molar-refractivity contribution in [1.29, 1.82) is 0 Å². The van der Waals surface area contributed by atoms with Crippen LogP contribution in [0.4, 0.5) is 11.8 Å². The van der Waals surface area contributed by atoms with E-state index in [4.69, 9.17) is 10.8 Å². The zero-order valence-corrected chi connectivity index (χ0v) is 26.1. The highest BCUT2D eigenvalue weighted by molar-refractivity contribution is 5.87. The van der Waals surface area contributed by atoms with Crippen molar-refractivity contribution in [3.05, 3.63) is 47.2 Å². The van der Waals surface area contributed by atoms with Crippen LogP contribution in [-0.4, -0.2) is 86.5 Å². The molecule has 5 N–H and O–H groups in total. The van der Waals surface area contributed by atoms with E-state index in [1.165, 1.54) is 16.7 Å². The Balaban J connectivity index is 1.28. The summed E-state index contributed by atoms with van der Waals surface area (Å²) >= 11 is 0. The van der Waals surface area contributed by atoms with Gasteiger partial charge in [-0.3, -0.25) is 19.3 Å². The van der Waals surface area contributed by atoms with E-state index >= 15 is 0 Å². The number of benzene rings is 1. The molecular weight excluding hydrogens is 560 g/mol. The summed E-state index contributed by atoms with van der Waals surface area (Å²) in [5.74, 6) is -0.933. The van der Waals surface area contributed by atoms with Crippen molar-refractivity contribution in [1.82, 2.24) is 29.7 Å². The molecule has 1 aromatic carbocycles. The van der Waals surface area contributed by atoms with E-state index in [1.807, 2.05) is 17.2 Å². The molecule has 1 fully saturated rings. The van der Waals surface area contributed by atoms with Crippen LogP contribution < -0.4 is 16.4 Å². The highest BCUT2D eigenvalue weighted by atomic mass is 16.4. The monoisotopic (exact) mass is 606 g/mol. The van der Waals surface area contributed by atoms with Crippen LogP contribution in [0.1, 0.15) is 62.6 Å². The molecule has 44 heavy (non-hydrogen) atoms. The zero-order valence-electron chi connectivity index (χ0n) is 26.1. The molecule has 1 atom stereocenters. The van der Waals surface area contributed by atoms with Gasteiger partial charge in [0.1, 0.15) is 5.52 Å². The summed E-state index contributed by atoms with van der Waals surface area (Å²) in [7, 11) is 0. The highest BCUT2D eigenvalue weighted by Gasteiger charge is 2.22. The van der Waals surface area contributed by atoms with E-state index in [0.29, 0.717) is 19.6 Å². The quantitative estimate of drug-likeness (QED) is 0.191. The predicted molar refractivity (Wildman–Crippen MR) is 171 cm³/mol. The van der Waals surface area contributed by atoms with Crippen LogP contribution in [0.2, 0.25) is 0 Å². The number of nitrogens with two attached hydrogens (primary N) is 1. The molecule has 0 saturated carbocycles. The van der Waals surface area contributed by atoms with Crippen molar-refractivity contribution in [2.45, 2.75) is 66.0 Å². The second-order valence-electron chi connectivity index (χ2n) is 11.7. The number of piperazine rings is 1. The van der Waals surface area contributed by atoms with Crippen molar-refractivity contribution in [3.63, 3.8) is 0 Å². The average molecular weight is 607 g/mol. The Kier molecular flexibility index (Phi) is 11.5. The van der Waals surface area contributed by atoms with Gasteiger partial charge in [0.25, 0.3) is 0 Å². The molecule has 1 unspecified atom stereocenters. The summed E-state index contributed by atoms with van der Waals surface area (Å²) in [5, 5.41) is 15.0. The summed E-state index contributed by atoms with van der Waals surface area (Å²) in [4.78, 5) is 48.5. The Bertz CT molecular complexity index is 1450. The molecule has 3 aromatic rings. The van der Waals surface area contributed by atoms with Crippen LogP contribution in [0.5, 0.6) is 0 Å². The largest absolute Gasteiger partial charge is 0.481 e. The van der Waals surface area contributed by atoms with Gasteiger partial charge in [0.15, 0.2) is 5.82 Å². The minimum Gasteiger partial charge on any atom is -0.481 e. The summed E-state index contributed by atoms with van der Waals surface area (Å²) < 4.78 is 2.18. The molecule has 1 aliphatic rings. The van der Waals surface area contributed by atoms with E-state index in [-0.39, 0.29) is 37.1 Å². The molecule has 0 spiro atoms. The first-order valence-electron chi connectivity index (χ1n) is 15.6. The Morgan fingerprint density at radius 2 is 1.82 bits per heavy atom. The highest BCUT2D eigenvalue weighted by Crippen LogP contribution is 2.25. The molecule has 12 heteroatoms. The number of carbonyl (C=O) groups is 3. The van der Waals surface area contributed by atoms with Gasteiger partial charge in [-0.1, -0.05) is 44.9 Å². The van der Waals surface area contributed by atoms with E-state index < -0.39 is 11.9 Å². The number of aromatic nitrogens is 3. The number of anilines is 2. The minimum atomic E-state index is -1.01. The average Bonchev–Trinajstić information content (AvgIpc) is 3.38. The van der Waals surface area contributed by atoms with Gasteiger partial charge in [0.2, 0.25) is 17.8 Å². The van der Waals surface area contributed by atoms with Gasteiger partial charge >= 0.3 is 5.97 Å². The molecule has 4 rings (SSSR count). The minimum absolute atomic E-state index is 0.000902. The van der Waals surface area contributed by atoms with Crippen LogP contribution in [0.3, 0.4) is 0 Å². The van der Waals surface area contributed by atoms with Gasteiger partial charge in [-0.25, -0.2) is 4.98 Å². The Labute approximate surface area is 259 Å². The third-order valence-corrected chi connectivity index (χ3v) is 8.15. The lowest BCUT2D eigenvalue weighted by molar-refractivity contribution is -0.141. The van der Waals surface area contributed by atoms with Crippen LogP contribution in [0.25, 0.3) is 11.0 Å². The fourth-order valence-electron chi connectivity index (χ4n) is 5.57. The lowest BCUT2D eigenvalue weighted by atomic mass is 10.0. The Hall–Kier alpha value is -4.19. The number of rotatable bonds is 15. The molecule has 0 bridgehead atoms. The lowest BCUT2D eigenvalue weighted by Gasteiger charge is -2.35. The number of fused-ring (bicyclic) bond motifs is 1. The standard InChI is InChI=1S/C32H46N8O4/c1-4-5-6-11-34-30-29-26(36-32(33)37-30)10-13-40(29)21-25-8-7-24(18-22(25)2)20-38-14-16-39(17-15-38)27(41)9-12-35-31(44)23(3)19-28(42)43/h7-8,10,13,18,23H,4-6,9,11-12,14-17,19-21H2,1-3H3,(H,35,44)(H,42,43)(H3,33,34,36,37).